The highest BCUT2D eigenvalue weighted by Gasteiger charge is 2.18. The molecule has 18 heavy (non-hydrogen) atoms. The fourth-order valence-corrected chi connectivity index (χ4v) is 2.49. The van der Waals surface area contributed by atoms with E-state index in [-0.39, 0.29) is 24.8 Å². The first-order chi connectivity index (χ1) is 7.81. The van der Waals surface area contributed by atoms with Crippen LogP contribution >= 0.6 is 24.8 Å². The second-order valence-electron chi connectivity index (χ2n) is 4.73. The van der Waals surface area contributed by atoms with Crippen molar-refractivity contribution in [3.8, 4) is 0 Å². The van der Waals surface area contributed by atoms with Crippen LogP contribution in [-0.4, -0.2) is 12.6 Å². The lowest BCUT2D eigenvalue weighted by Gasteiger charge is -2.26. The Morgan fingerprint density at radius 1 is 1.33 bits per heavy atom. The number of anilines is 1. The second kappa shape index (κ2) is 8.63. The van der Waals surface area contributed by atoms with Gasteiger partial charge in [-0.25, -0.2) is 0 Å². The van der Waals surface area contributed by atoms with Crippen LogP contribution in [0.1, 0.15) is 37.3 Å². The molecule has 0 aromatic heterocycles. The van der Waals surface area contributed by atoms with Crippen LogP contribution < -0.4 is 11.1 Å². The van der Waals surface area contributed by atoms with Crippen molar-refractivity contribution < 1.29 is 0 Å². The molecule has 0 amide bonds. The summed E-state index contributed by atoms with van der Waals surface area (Å²) in [5.41, 5.74) is 9.79. The van der Waals surface area contributed by atoms with Crippen molar-refractivity contribution >= 4 is 30.5 Å². The smallest absolute Gasteiger partial charge is 0.0349 e. The molecule has 1 aromatic rings. The van der Waals surface area contributed by atoms with E-state index in [4.69, 9.17) is 5.73 Å². The molecule has 0 saturated carbocycles. The van der Waals surface area contributed by atoms with E-state index in [2.05, 4.69) is 24.4 Å². The summed E-state index contributed by atoms with van der Waals surface area (Å²) in [7, 11) is 0. The van der Waals surface area contributed by atoms with Crippen LogP contribution in [0, 0.1) is 0 Å². The van der Waals surface area contributed by atoms with Gasteiger partial charge in [-0.2, -0.15) is 0 Å². The number of unbranched alkanes of at least 4 members (excludes halogenated alkanes) is 1. The van der Waals surface area contributed by atoms with Crippen molar-refractivity contribution in [1.82, 2.24) is 5.32 Å². The van der Waals surface area contributed by atoms with E-state index in [9.17, 15) is 0 Å². The minimum Gasteiger partial charge on any atom is -0.398 e. The molecule has 0 bridgehead atoms. The van der Waals surface area contributed by atoms with Gasteiger partial charge in [0.1, 0.15) is 0 Å². The Morgan fingerprint density at radius 3 is 2.83 bits per heavy atom. The first-order valence-electron chi connectivity index (χ1n) is 6.41. The van der Waals surface area contributed by atoms with Gasteiger partial charge in [-0.1, -0.05) is 25.5 Å². The van der Waals surface area contributed by atoms with Crippen molar-refractivity contribution in [3.63, 3.8) is 0 Å². The zero-order chi connectivity index (χ0) is 11.4. The Hall–Kier alpha value is -0.440. The van der Waals surface area contributed by atoms with Crippen molar-refractivity contribution in [3.05, 3.63) is 29.3 Å². The highest BCUT2D eigenvalue weighted by Crippen LogP contribution is 2.26. The Bertz CT molecular complexity index is 356. The van der Waals surface area contributed by atoms with Gasteiger partial charge >= 0.3 is 0 Å². The summed E-state index contributed by atoms with van der Waals surface area (Å²) in [4.78, 5) is 0. The summed E-state index contributed by atoms with van der Waals surface area (Å²) in [6, 6.07) is 6.96. The third-order valence-electron chi connectivity index (χ3n) is 3.48. The molecule has 1 aliphatic rings. The average Bonchev–Trinajstić information content (AvgIpc) is 2.30. The molecular formula is C14H24Cl2N2. The summed E-state index contributed by atoms with van der Waals surface area (Å²) in [6.45, 7) is 3.39. The quantitative estimate of drug-likeness (QED) is 0.659. The van der Waals surface area contributed by atoms with Crippen LogP contribution in [0.15, 0.2) is 18.2 Å². The molecule has 0 fully saturated rings. The Labute approximate surface area is 123 Å². The van der Waals surface area contributed by atoms with Gasteiger partial charge in [0.2, 0.25) is 0 Å². The van der Waals surface area contributed by atoms with Crippen molar-refractivity contribution in [2.24, 2.45) is 0 Å². The summed E-state index contributed by atoms with van der Waals surface area (Å²) in [5.74, 6) is 0. The van der Waals surface area contributed by atoms with Crippen LogP contribution in [-0.2, 0) is 12.8 Å². The molecule has 1 atom stereocenters. The number of nitrogens with two attached hydrogens (primary N) is 1. The minimum atomic E-state index is 0. The van der Waals surface area contributed by atoms with Gasteiger partial charge in [-0.3, -0.25) is 0 Å². The lowest BCUT2D eigenvalue weighted by atomic mass is 9.87. The summed E-state index contributed by atoms with van der Waals surface area (Å²) in [6.07, 6.45) is 6.05. The first kappa shape index (κ1) is 17.6. The van der Waals surface area contributed by atoms with E-state index in [1.807, 2.05) is 6.07 Å². The lowest BCUT2D eigenvalue weighted by Crippen LogP contribution is -2.35. The largest absolute Gasteiger partial charge is 0.398 e. The van der Waals surface area contributed by atoms with E-state index in [0.717, 1.165) is 25.1 Å². The average molecular weight is 291 g/mol. The molecule has 4 heteroatoms. The highest BCUT2D eigenvalue weighted by atomic mass is 35.5. The van der Waals surface area contributed by atoms with E-state index >= 15 is 0 Å². The maximum absolute atomic E-state index is 5.99. The molecule has 1 unspecified atom stereocenters. The number of hydrogen-bond donors (Lipinski definition) is 2. The van der Waals surface area contributed by atoms with Gasteiger partial charge in [0.25, 0.3) is 0 Å². The van der Waals surface area contributed by atoms with Gasteiger partial charge in [-0.05, 0) is 49.4 Å². The van der Waals surface area contributed by atoms with Gasteiger partial charge < -0.3 is 11.1 Å². The first-order valence-corrected chi connectivity index (χ1v) is 6.41. The molecule has 0 aliphatic heterocycles. The Balaban J connectivity index is 0.00000144. The second-order valence-corrected chi connectivity index (χ2v) is 4.73. The molecule has 2 rings (SSSR count). The molecule has 0 spiro atoms. The molecule has 0 heterocycles. The predicted octanol–water partition coefficient (Wildman–Crippen LogP) is 3.36. The number of hydrogen-bond acceptors (Lipinski definition) is 2. The summed E-state index contributed by atoms with van der Waals surface area (Å²) >= 11 is 0. The number of rotatable bonds is 4. The van der Waals surface area contributed by atoms with Gasteiger partial charge in [0.15, 0.2) is 0 Å². The lowest BCUT2D eigenvalue weighted by molar-refractivity contribution is 0.453. The van der Waals surface area contributed by atoms with Crippen molar-refractivity contribution in [1.29, 1.82) is 0 Å². The van der Waals surface area contributed by atoms with E-state index in [1.165, 1.54) is 30.4 Å². The standard InChI is InChI=1S/C14H22N2.2ClH/c1-2-3-9-16-12-7-8-13-11(10-12)5-4-6-14(13)15;;/h4-6,12,16H,2-3,7-10,15H2,1H3;2*1H. The number of nitrogens with one attached hydrogen (secondary N) is 1. The number of nitrogen functional groups attached to an aromatic ring is 1. The molecule has 0 radical (unpaired) electrons. The third-order valence-corrected chi connectivity index (χ3v) is 3.48. The van der Waals surface area contributed by atoms with Crippen LogP contribution in [0.5, 0.6) is 0 Å². The van der Waals surface area contributed by atoms with Crippen molar-refractivity contribution in [2.45, 2.75) is 45.1 Å². The molecule has 3 N–H and O–H groups in total. The van der Waals surface area contributed by atoms with E-state index in [0.29, 0.717) is 6.04 Å². The zero-order valence-electron chi connectivity index (χ0n) is 10.9. The SMILES string of the molecule is CCCCNC1CCc2c(N)cccc2C1.Cl.Cl. The fraction of sp³-hybridized carbons (Fsp3) is 0.571. The molecule has 104 valence electrons. The number of fused-ring (bicyclic) bond motifs is 1. The fourth-order valence-electron chi connectivity index (χ4n) is 2.49. The predicted molar refractivity (Wildman–Crippen MR) is 84.1 cm³/mol. The topological polar surface area (TPSA) is 38.0 Å². The number of benzene rings is 1. The maximum Gasteiger partial charge on any atom is 0.0349 e. The molecule has 0 saturated heterocycles. The van der Waals surface area contributed by atoms with Crippen LogP contribution in [0.2, 0.25) is 0 Å². The van der Waals surface area contributed by atoms with Gasteiger partial charge in [0, 0.05) is 11.7 Å². The molecule has 1 aromatic carbocycles. The normalized spacial score (nSPS) is 17.3. The van der Waals surface area contributed by atoms with Crippen molar-refractivity contribution in [2.75, 3.05) is 12.3 Å². The van der Waals surface area contributed by atoms with Gasteiger partial charge in [-0.15, -0.1) is 24.8 Å². The summed E-state index contributed by atoms with van der Waals surface area (Å²) in [5, 5.41) is 3.64. The van der Waals surface area contributed by atoms with Crippen LogP contribution in [0.4, 0.5) is 5.69 Å². The maximum atomic E-state index is 5.99. The molecule has 1 aliphatic carbocycles. The van der Waals surface area contributed by atoms with Crippen LogP contribution in [0.3, 0.4) is 0 Å². The molecular weight excluding hydrogens is 267 g/mol. The monoisotopic (exact) mass is 290 g/mol. The summed E-state index contributed by atoms with van der Waals surface area (Å²) < 4.78 is 0. The molecule has 2 nitrogen and oxygen atoms in total. The Morgan fingerprint density at radius 2 is 2.11 bits per heavy atom. The zero-order valence-corrected chi connectivity index (χ0v) is 12.6. The highest BCUT2D eigenvalue weighted by molar-refractivity contribution is 5.85. The van der Waals surface area contributed by atoms with Gasteiger partial charge in [0.05, 0.1) is 0 Å². The number of halogens is 2. The third kappa shape index (κ3) is 4.34. The minimum absolute atomic E-state index is 0. The Kier molecular flexibility index (Phi) is 8.41. The van der Waals surface area contributed by atoms with Crippen LogP contribution in [0.25, 0.3) is 0 Å². The van der Waals surface area contributed by atoms with E-state index in [1.54, 1.807) is 0 Å². The van der Waals surface area contributed by atoms with E-state index < -0.39 is 0 Å².